The molecule has 0 saturated carbocycles. The molecule has 3 atom stereocenters. The van der Waals surface area contributed by atoms with Gasteiger partial charge in [0.1, 0.15) is 19.0 Å². The number of ether oxygens (including phenoxy) is 2. The molecule has 8 nitrogen and oxygen atoms in total. The zero-order valence-electron chi connectivity index (χ0n) is 22.9. The molecule has 0 aliphatic carbocycles. The maximum atomic E-state index is 14.0. The largest absolute Gasteiger partial charge is 0.447 e. The van der Waals surface area contributed by atoms with E-state index in [2.05, 4.69) is 0 Å². The first-order chi connectivity index (χ1) is 20.4. The fraction of sp³-hybridized carbons (Fsp3) is 0.273. The summed E-state index contributed by atoms with van der Waals surface area (Å²) in [7, 11) is 0. The SMILES string of the molecule is O=C(C/C=C/[C@H](Cc1cccc(F)c1)C(=O)N1C(=O)OC[C@@H]1Cc1ccccc1)N1C(=O)OC[C@@H]1Cc1ccccc1. The van der Waals surface area contributed by atoms with Crippen molar-refractivity contribution in [3.05, 3.63) is 120 Å². The van der Waals surface area contributed by atoms with Crippen molar-refractivity contribution in [3.8, 4) is 0 Å². The molecule has 0 aromatic heterocycles. The van der Waals surface area contributed by atoms with Crippen molar-refractivity contribution in [2.45, 2.75) is 37.8 Å². The molecule has 9 heteroatoms. The van der Waals surface area contributed by atoms with Crippen LogP contribution in [0.4, 0.5) is 14.0 Å². The molecule has 216 valence electrons. The average Bonchev–Trinajstić information content (AvgIpc) is 3.54. The van der Waals surface area contributed by atoms with Crippen LogP contribution in [0.2, 0.25) is 0 Å². The lowest BCUT2D eigenvalue weighted by atomic mass is 9.95. The quantitative estimate of drug-likeness (QED) is 0.315. The van der Waals surface area contributed by atoms with Crippen molar-refractivity contribution < 1.29 is 33.0 Å². The second kappa shape index (κ2) is 13.2. The van der Waals surface area contributed by atoms with Gasteiger partial charge in [-0.1, -0.05) is 84.9 Å². The maximum absolute atomic E-state index is 14.0. The lowest BCUT2D eigenvalue weighted by Gasteiger charge is -2.24. The summed E-state index contributed by atoms with van der Waals surface area (Å²) in [5.41, 5.74) is 2.48. The van der Waals surface area contributed by atoms with E-state index in [9.17, 15) is 23.6 Å². The predicted octanol–water partition coefficient (Wildman–Crippen LogP) is 5.11. The highest BCUT2D eigenvalue weighted by atomic mass is 19.1. The summed E-state index contributed by atoms with van der Waals surface area (Å²) in [6.45, 7) is 0.165. The highest BCUT2D eigenvalue weighted by Crippen LogP contribution is 2.24. The van der Waals surface area contributed by atoms with E-state index in [4.69, 9.17) is 9.47 Å². The van der Waals surface area contributed by atoms with Crippen LogP contribution in [0.3, 0.4) is 0 Å². The van der Waals surface area contributed by atoms with Gasteiger partial charge in [-0.3, -0.25) is 9.59 Å². The van der Waals surface area contributed by atoms with Gasteiger partial charge < -0.3 is 9.47 Å². The number of hydrogen-bond acceptors (Lipinski definition) is 6. The fourth-order valence-electron chi connectivity index (χ4n) is 5.34. The summed E-state index contributed by atoms with van der Waals surface area (Å²) in [5.74, 6) is -2.30. The van der Waals surface area contributed by atoms with Gasteiger partial charge in [0.25, 0.3) is 0 Å². The zero-order chi connectivity index (χ0) is 29.5. The Morgan fingerprint density at radius 3 is 1.93 bits per heavy atom. The highest BCUT2D eigenvalue weighted by Gasteiger charge is 2.41. The molecule has 4 amide bonds. The van der Waals surface area contributed by atoms with Gasteiger partial charge in [-0.25, -0.2) is 23.8 Å². The molecule has 42 heavy (non-hydrogen) atoms. The number of benzene rings is 3. The van der Waals surface area contributed by atoms with Crippen molar-refractivity contribution in [1.29, 1.82) is 0 Å². The second-order valence-corrected chi connectivity index (χ2v) is 10.4. The van der Waals surface area contributed by atoms with Gasteiger partial charge in [-0.15, -0.1) is 0 Å². The summed E-state index contributed by atoms with van der Waals surface area (Å²) < 4.78 is 24.4. The third-order valence-electron chi connectivity index (χ3n) is 7.38. The first-order valence-electron chi connectivity index (χ1n) is 13.9. The molecular weight excluding hydrogens is 539 g/mol. The Balaban J connectivity index is 1.32. The Morgan fingerprint density at radius 1 is 0.786 bits per heavy atom. The highest BCUT2D eigenvalue weighted by molar-refractivity contribution is 5.96. The first kappa shape index (κ1) is 28.7. The normalized spacial score (nSPS) is 19.2. The molecule has 0 radical (unpaired) electrons. The van der Waals surface area contributed by atoms with E-state index in [1.807, 2.05) is 60.7 Å². The van der Waals surface area contributed by atoms with Gasteiger partial charge in [0.15, 0.2) is 0 Å². The molecule has 0 N–H and O–H groups in total. The molecular formula is C33H31FN2O6. The molecule has 3 aromatic carbocycles. The third-order valence-corrected chi connectivity index (χ3v) is 7.38. The monoisotopic (exact) mass is 570 g/mol. The standard InChI is InChI=1S/C33H31FN2O6/c34-27-15-7-13-25(18-27)17-26(31(38)36-29(22-42-33(36)40)20-24-11-5-2-6-12-24)14-8-16-30(37)35-28(21-41-32(35)39)19-23-9-3-1-4-10-23/h1-15,18,26,28-29H,16-17,19-22H2/b14-8+/t26-,28+,29+/m1/s1. The second-order valence-electron chi connectivity index (χ2n) is 10.4. The van der Waals surface area contributed by atoms with E-state index < -0.39 is 47.8 Å². The Bertz CT molecular complexity index is 1460. The van der Waals surface area contributed by atoms with E-state index in [1.54, 1.807) is 18.2 Å². The fourth-order valence-corrected chi connectivity index (χ4v) is 5.34. The number of rotatable bonds is 10. The molecule has 2 aliphatic rings. The summed E-state index contributed by atoms with van der Waals surface area (Å²) in [6, 6.07) is 23.9. The van der Waals surface area contributed by atoms with Crippen LogP contribution < -0.4 is 0 Å². The van der Waals surface area contributed by atoms with E-state index in [0.29, 0.717) is 18.4 Å². The van der Waals surface area contributed by atoms with Crippen molar-refractivity contribution in [2.24, 2.45) is 5.92 Å². The molecule has 2 aliphatic heterocycles. The number of nitrogens with zero attached hydrogens (tertiary/aromatic N) is 2. The number of hydrogen-bond donors (Lipinski definition) is 0. The van der Waals surface area contributed by atoms with E-state index in [-0.39, 0.29) is 26.1 Å². The van der Waals surface area contributed by atoms with Crippen molar-refractivity contribution in [2.75, 3.05) is 13.2 Å². The minimum Gasteiger partial charge on any atom is -0.447 e. The van der Waals surface area contributed by atoms with E-state index in [0.717, 1.165) is 20.9 Å². The molecule has 0 bridgehead atoms. The van der Waals surface area contributed by atoms with Crippen molar-refractivity contribution in [3.63, 3.8) is 0 Å². The van der Waals surface area contributed by atoms with Crippen LogP contribution in [0.15, 0.2) is 97.1 Å². The smallest absolute Gasteiger partial charge is 0.417 e. The first-order valence-corrected chi connectivity index (χ1v) is 13.9. The molecule has 0 unspecified atom stereocenters. The number of carbonyl (C=O) groups is 4. The molecule has 3 aromatic rings. The molecule has 5 rings (SSSR count). The van der Waals surface area contributed by atoms with Crippen molar-refractivity contribution in [1.82, 2.24) is 9.80 Å². The van der Waals surface area contributed by atoms with Gasteiger partial charge in [0.2, 0.25) is 11.8 Å². The number of amides is 4. The number of halogens is 1. The number of imide groups is 2. The topological polar surface area (TPSA) is 93.2 Å². The van der Waals surface area contributed by atoms with Crippen LogP contribution in [-0.4, -0.2) is 59.1 Å². The number of cyclic esters (lactones) is 2. The molecule has 2 saturated heterocycles. The summed E-state index contributed by atoms with van der Waals surface area (Å²) >= 11 is 0. The Labute approximate surface area is 243 Å². The van der Waals surface area contributed by atoms with Crippen LogP contribution >= 0.6 is 0 Å². The van der Waals surface area contributed by atoms with E-state index in [1.165, 1.54) is 18.2 Å². The van der Waals surface area contributed by atoms with Crippen LogP contribution in [0.25, 0.3) is 0 Å². The lowest BCUT2D eigenvalue weighted by Crippen LogP contribution is -2.43. The zero-order valence-corrected chi connectivity index (χ0v) is 22.9. The molecule has 2 fully saturated rings. The Kier molecular flexibility index (Phi) is 9.06. The van der Waals surface area contributed by atoms with Gasteiger partial charge in [-0.2, -0.15) is 0 Å². The lowest BCUT2D eigenvalue weighted by molar-refractivity contribution is -0.132. The van der Waals surface area contributed by atoms with Crippen LogP contribution in [0.1, 0.15) is 23.1 Å². The summed E-state index contributed by atoms with van der Waals surface area (Å²) in [4.78, 5) is 54.3. The summed E-state index contributed by atoms with van der Waals surface area (Å²) in [6.07, 6.45) is 2.45. The number of carbonyl (C=O) groups excluding carboxylic acids is 4. The average molecular weight is 571 g/mol. The van der Waals surface area contributed by atoms with Gasteiger partial charge in [0.05, 0.1) is 18.0 Å². The maximum Gasteiger partial charge on any atom is 0.417 e. The van der Waals surface area contributed by atoms with Crippen LogP contribution in [0.5, 0.6) is 0 Å². The summed E-state index contributed by atoms with van der Waals surface area (Å²) in [5, 5.41) is 0. The van der Waals surface area contributed by atoms with Crippen LogP contribution in [-0.2, 0) is 38.3 Å². The molecule has 2 heterocycles. The molecule has 0 spiro atoms. The van der Waals surface area contributed by atoms with Crippen molar-refractivity contribution >= 4 is 24.0 Å². The van der Waals surface area contributed by atoms with Gasteiger partial charge >= 0.3 is 12.2 Å². The van der Waals surface area contributed by atoms with Crippen LogP contribution in [0, 0.1) is 11.7 Å². The van der Waals surface area contributed by atoms with E-state index >= 15 is 0 Å². The Hall–Kier alpha value is -4.79. The third kappa shape index (κ3) is 6.91. The van der Waals surface area contributed by atoms with Gasteiger partial charge in [0, 0.05) is 6.42 Å². The predicted molar refractivity (Wildman–Crippen MR) is 152 cm³/mol. The minimum absolute atomic E-state index is 0.0637. The minimum atomic E-state index is -0.880. The Morgan fingerprint density at radius 2 is 1.33 bits per heavy atom. The van der Waals surface area contributed by atoms with Gasteiger partial charge in [-0.05, 0) is 48.1 Å².